The minimum absolute atomic E-state index is 0.407. The highest BCUT2D eigenvalue weighted by Crippen LogP contribution is 2.22. The quantitative estimate of drug-likeness (QED) is 0.816. The molecule has 0 saturated heterocycles. The number of oxazole rings is 1. The van der Waals surface area contributed by atoms with Crippen molar-refractivity contribution in [1.82, 2.24) is 4.98 Å². The van der Waals surface area contributed by atoms with Crippen molar-refractivity contribution < 1.29 is 9.15 Å². The molecule has 1 aromatic heterocycles. The van der Waals surface area contributed by atoms with E-state index in [-0.39, 0.29) is 0 Å². The largest absolute Gasteiger partial charge is 0.438 e. The Kier molecular flexibility index (Phi) is 3.59. The summed E-state index contributed by atoms with van der Waals surface area (Å²) in [4.78, 5) is 4.13. The summed E-state index contributed by atoms with van der Waals surface area (Å²) >= 11 is 5.81. The van der Waals surface area contributed by atoms with Gasteiger partial charge in [-0.15, -0.1) is 0 Å². The fourth-order valence-electron chi connectivity index (χ4n) is 1.31. The van der Waals surface area contributed by atoms with E-state index in [1.165, 1.54) is 0 Å². The summed E-state index contributed by atoms with van der Waals surface area (Å²) in [6.07, 6.45) is 1.69. The summed E-state index contributed by atoms with van der Waals surface area (Å²) < 4.78 is 10.7. The number of rotatable bonds is 4. The molecule has 0 saturated carbocycles. The van der Waals surface area contributed by atoms with E-state index < -0.39 is 0 Å². The molecule has 0 bridgehead atoms. The normalized spacial score (nSPS) is 10.6. The van der Waals surface area contributed by atoms with E-state index in [2.05, 4.69) is 4.98 Å². The first-order valence-electron chi connectivity index (χ1n) is 5.08. The number of hydrogen-bond donors (Lipinski definition) is 0. The molecule has 2 rings (SSSR count). The van der Waals surface area contributed by atoms with Crippen LogP contribution in [0.5, 0.6) is 0 Å². The molecule has 0 N–H and O–H groups in total. The van der Waals surface area contributed by atoms with Crippen molar-refractivity contribution in [3.05, 3.63) is 41.4 Å². The molecule has 4 heteroatoms. The van der Waals surface area contributed by atoms with Crippen LogP contribution in [0.4, 0.5) is 0 Å². The first-order chi connectivity index (χ1) is 7.79. The average Bonchev–Trinajstić information content (AvgIpc) is 2.76. The van der Waals surface area contributed by atoms with Crippen LogP contribution in [-0.4, -0.2) is 11.6 Å². The molecule has 0 aliphatic rings. The van der Waals surface area contributed by atoms with E-state index in [1.807, 2.05) is 31.2 Å². The van der Waals surface area contributed by atoms with E-state index in [1.54, 1.807) is 6.20 Å². The summed E-state index contributed by atoms with van der Waals surface area (Å²) in [7, 11) is 0. The summed E-state index contributed by atoms with van der Waals surface area (Å²) in [5, 5.41) is 0.706. The lowest BCUT2D eigenvalue weighted by Gasteiger charge is -1.97. The van der Waals surface area contributed by atoms with Gasteiger partial charge in [-0.05, 0) is 31.2 Å². The maximum absolute atomic E-state index is 5.81. The van der Waals surface area contributed by atoms with Gasteiger partial charge >= 0.3 is 0 Å². The second-order valence-corrected chi connectivity index (χ2v) is 3.70. The monoisotopic (exact) mass is 237 g/mol. The molecule has 0 aliphatic carbocycles. The third-order valence-electron chi connectivity index (χ3n) is 2.11. The lowest BCUT2D eigenvalue weighted by atomic mass is 10.2. The number of aromatic nitrogens is 1. The SMILES string of the molecule is CCOCc1ncc(-c2ccc(Cl)cc2)o1. The van der Waals surface area contributed by atoms with Crippen molar-refractivity contribution in [1.29, 1.82) is 0 Å². The van der Waals surface area contributed by atoms with Gasteiger partial charge in [-0.3, -0.25) is 0 Å². The minimum atomic E-state index is 0.407. The van der Waals surface area contributed by atoms with Crippen LogP contribution in [0.25, 0.3) is 11.3 Å². The number of ether oxygens (including phenoxy) is 1. The van der Waals surface area contributed by atoms with Gasteiger partial charge in [-0.2, -0.15) is 0 Å². The van der Waals surface area contributed by atoms with Crippen molar-refractivity contribution in [3.8, 4) is 11.3 Å². The molecule has 16 heavy (non-hydrogen) atoms. The van der Waals surface area contributed by atoms with Crippen molar-refractivity contribution in [2.75, 3.05) is 6.61 Å². The first-order valence-corrected chi connectivity index (χ1v) is 5.46. The number of hydrogen-bond acceptors (Lipinski definition) is 3. The van der Waals surface area contributed by atoms with Gasteiger partial charge in [-0.25, -0.2) is 4.98 Å². The molecule has 0 unspecified atom stereocenters. The summed E-state index contributed by atoms with van der Waals surface area (Å²) in [6.45, 7) is 2.99. The van der Waals surface area contributed by atoms with Gasteiger partial charge in [-0.1, -0.05) is 11.6 Å². The zero-order valence-corrected chi connectivity index (χ0v) is 9.70. The Labute approximate surface area is 99.0 Å². The molecule has 0 spiro atoms. The fraction of sp³-hybridized carbons (Fsp3) is 0.250. The van der Waals surface area contributed by atoms with Gasteiger partial charge in [0.15, 0.2) is 5.76 Å². The van der Waals surface area contributed by atoms with Gasteiger partial charge in [0.1, 0.15) is 6.61 Å². The van der Waals surface area contributed by atoms with Crippen LogP contribution in [-0.2, 0) is 11.3 Å². The Morgan fingerprint density at radius 2 is 2.06 bits per heavy atom. The van der Waals surface area contributed by atoms with Crippen LogP contribution in [0.15, 0.2) is 34.9 Å². The maximum atomic E-state index is 5.81. The van der Waals surface area contributed by atoms with Crippen LogP contribution in [0.1, 0.15) is 12.8 Å². The molecule has 2 aromatic rings. The fourth-order valence-corrected chi connectivity index (χ4v) is 1.44. The second kappa shape index (κ2) is 5.14. The standard InChI is InChI=1S/C12H12ClNO2/c1-2-15-8-12-14-7-11(16-12)9-3-5-10(13)6-4-9/h3-7H,2,8H2,1H3. The Balaban J connectivity index is 2.15. The van der Waals surface area contributed by atoms with Crippen molar-refractivity contribution in [2.45, 2.75) is 13.5 Å². The zero-order valence-electron chi connectivity index (χ0n) is 8.94. The van der Waals surface area contributed by atoms with Crippen molar-refractivity contribution in [2.24, 2.45) is 0 Å². The second-order valence-electron chi connectivity index (χ2n) is 3.26. The Hall–Kier alpha value is -1.32. The van der Waals surface area contributed by atoms with E-state index >= 15 is 0 Å². The van der Waals surface area contributed by atoms with E-state index in [0.717, 1.165) is 11.3 Å². The third-order valence-corrected chi connectivity index (χ3v) is 2.36. The number of halogens is 1. The lowest BCUT2D eigenvalue weighted by Crippen LogP contribution is -1.90. The Morgan fingerprint density at radius 3 is 2.75 bits per heavy atom. The predicted molar refractivity (Wildman–Crippen MR) is 62.3 cm³/mol. The third kappa shape index (κ3) is 2.62. The molecule has 1 aromatic carbocycles. The molecule has 84 valence electrons. The van der Waals surface area contributed by atoms with Crippen molar-refractivity contribution >= 4 is 11.6 Å². The lowest BCUT2D eigenvalue weighted by molar-refractivity contribution is 0.115. The molecule has 3 nitrogen and oxygen atoms in total. The van der Waals surface area contributed by atoms with E-state index in [0.29, 0.717) is 24.1 Å². The van der Waals surface area contributed by atoms with Crippen LogP contribution in [0.2, 0.25) is 5.02 Å². The van der Waals surface area contributed by atoms with Crippen LogP contribution < -0.4 is 0 Å². The summed E-state index contributed by atoms with van der Waals surface area (Å²) in [5.74, 6) is 1.32. The summed E-state index contributed by atoms with van der Waals surface area (Å²) in [6, 6.07) is 7.43. The van der Waals surface area contributed by atoms with Gasteiger partial charge in [0.05, 0.1) is 6.20 Å². The van der Waals surface area contributed by atoms with E-state index in [4.69, 9.17) is 20.8 Å². The van der Waals surface area contributed by atoms with Crippen LogP contribution in [0.3, 0.4) is 0 Å². The molecule has 0 aliphatic heterocycles. The molecule has 0 amide bonds. The molecule has 0 radical (unpaired) electrons. The highest BCUT2D eigenvalue weighted by molar-refractivity contribution is 6.30. The first kappa shape index (κ1) is 11.2. The molecular weight excluding hydrogens is 226 g/mol. The van der Waals surface area contributed by atoms with Gasteiger partial charge < -0.3 is 9.15 Å². The molecule has 0 fully saturated rings. The molecule has 1 heterocycles. The molecular formula is C12H12ClNO2. The summed E-state index contributed by atoms with van der Waals surface area (Å²) in [5.41, 5.74) is 0.958. The van der Waals surface area contributed by atoms with Crippen LogP contribution in [0, 0.1) is 0 Å². The average molecular weight is 238 g/mol. The van der Waals surface area contributed by atoms with Crippen molar-refractivity contribution in [3.63, 3.8) is 0 Å². The highest BCUT2D eigenvalue weighted by atomic mass is 35.5. The number of benzene rings is 1. The maximum Gasteiger partial charge on any atom is 0.220 e. The molecule has 0 atom stereocenters. The highest BCUT2D eigenvalue weighted by Gasteiger charge is 2.05. The Morgan fingerprint density at radius 1 is 1.31 bits per heavy atom. The van der Waals surface area contributed by atoms with Crippen LogP contribution >= 0.6 is 11.6 Å². The zero-order chi connectivity index (χ0) is 11.4. The predicted octanol–water partition coefficient (Wildman–Crippen LogP) is 3.53. The minimum Gasteiger partial charge on any atom is -0.438 e. The number of nitrogens with zero attached hydrogens (tertiary/aromatic N) is 1. The topological polar surface area (TPSA) is 35.3 Å². The van der Waals surface area contributed by atoms with Gasteiger partial charge in [0.25, 0.3) is 0 Å². The van der Waals surface area contributed by atoms with Gasteiger partial charge in [0.2, 0.25) is 5.89 Å². The smallest absolute Gasteiger partial charge is 0.220 e. The Bertz CT molecular complexity index is 450. The van der Waals surface area contributed by atoms with E-state index in [9.17, 15) is 0 Å². The van der Waals surface area contributed by atoms with Gasteiger partial charge in [0, 0.05) is 17.2 Å².